The molecule has 0 saturated heterocycles. The van der Waals surface area contributed by atoms with Crippen LogP contribution in [0.2, 0.25) is 0 Å². The van der Waals surface area contributed by atoms with Crippen molar-refractivity contribution in [1.82, 2.24) is 4.98 Å². The van der Waals surface area contributed by atoms with E-state index in [4.69, 9.17) is 5.11 Å². The summed E-state index contributed by atoms with van der Waals surface area (Å²) in [7, 11) is 0. The predicted octanol–water partition coefficient (Wildman–Crippen LogP) is 4.02. The topological polar surface area (TPSA) is 50.2 Å². The summed E-state index contributed by atoms with van der Waals surface area (Å²) in [6.45, 7) is 5.48. The quantitative estimate of drug-likeness (QED) is 0.926. The van der Waals surface area contributed by atoms with Crippen LogP contribution in [0.25, 0.3) is 10.2 Å². The Morgan fingerprint density at radius 2 is 2.17 bits per heavy atom. The summed E-state index contributed by atoms with van der Waals surface area (Å²) in [5.41, 5.74) is 1.30. The summed E-state index contributed by atoms with van der Waals surface area (Å²) in [5.74, 6) is -0.794. The Kier molecular flexibility index (Phi) is 3.47. The van der Waals surface area contributed by atoms with Crippen LogP contribution < -0.4 is 0 Å². The van der Waals surface area contributed by atoms with Gasteiger partial charge in [0.1, 0.15) is 0 Å². The van der Waals surface area contributed by atoms with E-state index in [1.54, 1.807) is 25.2 Å². The molecule has 1 aromatic heterocycles. The van der Waals surface area contributed by atoms with Crippen LogP contribution in [-0.2, 0) is 11.2 Å². The SMILES string of the molecule is Cc1cc(Br)c2nc(CC(C)(C)C(=O)O)sc2c1. The highest BCUT2D eigenvalue weighted by Gasteiger charge is 2.29. The largest absolute Gasteiger partial charge is 0.481 e. The van der Waals surface area contributed by atoms with E-state index in [9.17, 15) is 4.79 Å². The molecule has 2 rings (SSSR count). The Balaban J connectivity index is 2.42. The summed E-state index contributed by atoms with van der Waals surface area (Å²) in [4.78, 5) is 15.7. The Morgan fingerprint density at radius 3 is 2.78 bits per heavy atom. The molecule has 0 amide bonds. The lowest BCUT2D eigenvalue weighted by Crippen LogP contribution is -2.26. The van der Waals surface area contributed by atoms with Crippen LogP contribution in [0.3, 0.4) is 0 Å². The number of nitrogens with zero attached hydrogens (tertiary/aromatic N) is 1. The van der Waals surface area contributed by atoms with Gasteiger partial charge in [0, 0.05) is 10.9 Å². The molecule has 0 spiro atoms. The second kappa shape index (κ2) is 4.63. The van der Waals surface area contributed by atoms with Crippen LogP contribution in [0.1, 0.15) is 24.4 Å². The predicted molar refractivity (Wildman–Crippen MR) is 77.2 cm³/mol. The highest BCUT2D eigenvalue weighted by Crippen LogP contribution is 2.33. The van der Waals surface area contributed by atoms with Gasteiger partial charge in [-0.2, -0.15) is 0 Å². The highest BCUT2D eigenvalue weighted by atomic mass is 79.9. The lowest BCUT2D eigenvalue weighted by molar-refractivity contribution is -0.146. The number of aryl methyl sites for hydroxylation is 1. The summed E-state index contributed by atoms with van der Waals surface area (Å²) < 4.78 is 2.06. The fraction of sp³-hybridized carbons (Fsp3) is 0.385. The Bertz CT molecular complexity index is 619. The number of carboxylic acid groups (broad SMARTS) is 1. The first-order valence-electron chi connectivity index (χ1n) is 5.58. The molecule has 1 heterocycles. The van der Waals surface area contributed by atoms with E-state index in [1.807, 2.05) is 13.0 Å². The van der Waals surface area contributed by atoms with Crippen molar-refractivity contribution in [2.45, 2.75) is 27.2 Å². The molecule has 5 heteroatoms. The van der Waals surface area contributed by atoms with Gasteiger partial charge in [-0.05, 0) is 54.4 Å². The summed E-state index contributed by atoms with van der Waals surface area (Å²) >= 11 is 5.06. The Morgan fingerprint density at radius 1 is 1.50 bits per heavy atom. The van der Waals surface area contributed by atoms with E-state index in [-0.39, 0.29) is 0 Å². The second-order valence-electron chi connectivity index (χ2n) is 5.07. The first-order valence-corrected chi connectivity index (χ1v) is 7.19. The third-order valence-electron chi connectivity index (χ3n) is 2.81. The molecule has 0 aliphatic carbocycles. The van der Waals surface area contributed by atoms with Gasteiger partial charge in [0.05, 0.1) is 20.6 Å². The number of carbonyl (C=O) groups is 1. The van der Waals surface area contributed by atoms with Gasteiger partial charge in [-0.3, -0.25) is 4.79 Å². The molecule has 0 saturated carbocycles. The molecule has 0 unspecified atom stereocenters. The molecule has 18 heavy (non-hydrogen) atoms. The van der Waals surface area contributed by atoms with Gasteiger partial charge < -0.3 is 5.11 Å². The highest BCUT2D eigenvalue weighted by molar-refractivity contribution is 9.10. The second-order valence-corrected chi connectivity index (χ2v) is 7.04. The number of halogens is 1. The number of fused-ring (bicyclic) bond motifs is 1. The number of carboxylic acids is 1. The fourth-order valence-corrected chi connectivity index (χ4v) is 3.81. The van der Waals surface area contributed by atoms with E-state index < -0.39 is 11.4 Å². The third kappa shape index (κ3) is 2.57. The lowest BCUT2D eigenvalue weighted by atomic mass is 9.90. The lowest BCUT2D eigenvalue weighted by Gasteiger charge is -2.16. The van der Waals surface area contributed by atoms with Crippen LogP contribution in [0.5, 0.6) is 0 Å². The van der Waals surface area contributed by atoms with Gasteiger partial charge in [-0.25, -0.2) is 4.98 Å². The zero-order valence-electron chi connectivity index (χ0n) is 10.5. The zero-order valence-corrected chi connectivity index (χ0v) is 12.9. The van der Waals surface area contributed by atoms with Crippen molar-refractivity contribution in [3.05, 3.63) is 27.2 Å². The summed E-state index contributed by atoms with van der Waals surface area (Å²) in [6.07, 6.45) is 0.452. The van der Waals surface area contributed by atoms with Crippen molar-refractivity contribution in [3.8, 4) is 0 Å². The molecule has 0 radical (unpaired) electrons. The molecular weight excluding hydrogens is 314 g/mol. The molecule has 3 nitrogen and oxygen atoms in total. The molecule has 0 atom stereocenters. The van der Waals surface area contributed by atoms with Crippen LogP contribution in [0.4, 0.5) is 0 Å². The van der Waals surface area contributed by atoms with Crippen molar-refractivity contribution >= 4 is 43.5 Å². The van der Waals surface area contributed by atoms with Crippen molar-refractivity contribution in [2.75, 3.05) is 0 Å². The molecule has 96 valence electrons. The first kappa shape index (κ1) is 13.5. The van der Waals surface area contributed by atoms with E-state index in [2.05, 4.69) is 27.0 Å². The van der Waals surface area contributed by atoms with Crippen molar-refractivity contribution in [3.63, 3.8) is 0 Å². The van der Waals surface area contributed by atoms with Gasteiger partial charge in [0.2, 0.25) is 0 Å². The van der Waals surface area contributed by atoms with Gasteiger partial charge in [0.15, 0.2) is 0 Å². The summed E-state index contributed by atoms with van der Waals surface area (Å²) in [6, 6.07) is 4.10. The third-order valence-corrected chi connectivity index (χ3v) is 4.42. The molecule has 0 aliphatic heterocycles. The van der Waals surface area contributed by atoms with E-state index >= 15 is 0 Å². The van der Waals surface area contributed by atoms with Crippen LogP contribution in [-0.4, -0.2) is 16.1 Å². The van der Waals surface area contributed by atoms with Crippen LogP contribution >= 0.6 is 27.3 Å². The van der Waals surface area contributed by atoms with E-state index in [0.717, 1.165) is 19.7 Å². The van der Waals surface area contributed by atoms with Gasteiger partial charge >= 0.3 is 5.97 Å². The molecule has 0 aliphatic rings. The first-order chi connectivity index (χ1) is 8.29. The standard InChI is InChI=1S/C13H14BrNO2S/c1-7-4-8(14)11-9(5-7)18-10(15-11)6-13(2,3)12(16)17/h4-5H,6H2,1-3H3,(H,16,17). The molecule has 1 N–H and O–H groups in total. The van der Waals surface area contributed by atoms with Crippen molar-refractivity contribution < 1.29 is 9.90 Å². The maximum Gasteiger partial charge on any atom is 0.309 e. The minimum Gasteiger partial charge on any atom is -0.481 e. The average molecular weight is 328 g/mol. The van der Waals surface area contributed by atoms with E-state index in [0.29, 0.717) is 6.42 Å². The smallest absolute Gasteiger partial charge is 0.309 e. The molecular formula is C13H14BrNO2S. The number of aliphatic carboxylic acids is 1. The minimum absolute atomic E-state index is 0.452. The fourth-order valence-electron chi connectivity index (χ4n) is 1.69. The van der Waals surface area contributed by atoms with Gasteiger partial charge in [-0.1, -0.05) is 0 Å². The van der Waals surface area contributed by atoms with Gasteiger partial charge in [-0.15, -0.1) is 11.3 Å². The van der Waals surface area contributed by atoms with Crippen molar-refractivity contribution in [2.24, 2.45) is 5.41 Å². The van der Waals surface area contributed by atoms with Crippen molar-refractivity contribution in [1.29, 1.82) is 0 Å². The van der Waals surface area contributed by atoms with E-state index in [1.165, 1.54) is 5.56 Å². The molecule has 0 fully saturated rings. The number of thiazole rings is 1. The number of benzene rings is 1. The average Bonchev–Trinajstić information content (AvgIpc) is 2.59. The molecule has 1 aromatic carbocycles. The normalized spacial score (nSPS) is 12.0. The van der Waals surface area contributed by atoms with Crippen LogP contribution in [0, 0.1) is 12.3 Å². The molecule has 2 aromatic rings. The zero-order chi connectivity index (χ0) is 13.5. The molecule has 0 bridgehead atoms. The Labute approximate surface area is 118 Å². The Hall–Kier alpha value is -0.940. The maximum atomic E-state index is 11.1. The van der Waals surface area contributed by atoms with Gasteiger partial charge in [0.25, 0.3) is 0 Å². The van der Waals surface area contributed by atoms with Crippen LogP contribution in [0.15, 0.2) is 16.6 Å². The summed E-state index contributed by atoms with van der Waals surface area (Å²) in [5, 5.41) is 10.0. The minimum atomic E-state index is -0.794. The number of hydrogen-bond donors (Lipinski definition) is 1. The maximum absolute atomic E-state index is 11.1. The number of hydrogen-bond acceptors (Lipinski definition) is 3. The number of rotatable bonds is 3. The number of aromatic nitrogens is 1. The monoisotopic (exact) mass is 327 g/mol.